The third-order valence-corrected chi connectivity index (χ3v) is 7.51. The number of anilines is 1. The minimum Gasteiger partial charge on any atom is -0.356 e. The number of halogens is 1. The number of aromatic amines is 1. The van der Waals surface area contributed by atoms with E-state index in [1.165, 1.54) is 12.0 Å². The monoisotopic (exact) mass is 451 g/mol. The molecule has 2 aliphatic carbocycles. The van der Waals surface area contributed by atoms with Crippen LogP contribution in [0.1, 0.15) is 57.6 Å². The number of imidazole rings is 1. The van der Waals surface area contributed by atoms with Crippen LogP contribution in [0.2, 0.25) is 5.28 Å². The first-order chi connectivity index (χ1) is 15.5. The van der Waals surface area contributed by atoms with Crippen molar-refractivity contribution in [3.8, 4) is 0 Å². The number of nitrogens with one attached hydrogen (secondary N) is 2. The molecule has 2 N–H and O–H groups in total. The summed E-state index contributed by atoms with van der Waals surface area (Å²) < 4.78 is 1.80. The van der Waals surface area contributed by atoms with Gasteiger partial charge in [-0.1, -0.05) is 6.07 Å². The molecule has 3 aromatic heterocycles. The van der Waals surface area contributed by atoms with Gasteiger partial charge in [0, 0.05) is 30.7 Å². The van der Waals surface area contributed by atoms with Crippen LogP contribution in [0.3, 0.4) is 0 Å². The summed E-state index contributed by atoms with van der Waals surface area (Å²) in [6, 6.07) is 4.11. The van der Waals surface area contributed by atoms with E-state index in [0.29, 0.717) is 17.5 Å². The highest BCUT2D eigenvalue weighted by molar-refractivity contribution is 6.28. The first kappa shape index (κ1) is 19.8. The van der Waals surface area contributed by atoms with E-state index in [9.17, 15) is 4.79 Å². The number of piperidine rings is 1. The maximum absolute atomic E-state index is 12.8. The van der Waals surface area contributed by atoms with Gasteiger partial charge >= 0.3 is 0 Å². The molecular formula is C23H26ClN7O. The highest BCUT2D eigenvalue weighted by atomic mass is 35.5. The Labute approximate surface area is 191 Å². The van der Waals surface area contributed by atoms with E-state index in [4.69, 9.17) is 16.6 Å². The van der Waals surface area contributed by atoms with E-state index in [2.05, 4.69) is 37.5 Å². The van der Waals surface area contributed by atoms with Crippen molar-refractivity contribution in [2.45, 2.75) is 45.7 Å². The third kappa shape index (κ3) is 3.37. The van der Waals surface area contributed by atoms with Crippen molar-refractivity contribution in [2.24, 2.45) is 11.8 Å². The smallest absolute Gasteiger partial charge is 0.272 e. The summed E-state index contributed by atoms with van der Waals surface area (Å²) in [5.74, 6) is 2.57. The zero-order valence-corrected chi connectivity index (χ0v) is 19.0. The van der Waals surface area contributed by atoms with Gasteiger partial charge in [-0.05, 0) is 73.7 Å². The molecule has 8 nitrogen and oxygen atoms in total. The molecule has 3 aliphatic rings. The van der Waals surface area contributed by atoms with Crippen LogP contribution in [-0.4, -0.2) is 43.7 Å². The average molecular weight is 452 g/mol. The normalized spacial score (nSPS) is 23.3. The van der Waals surface area contributed by atoms with Crippen LogP contribution in [-0.2, 0) is 13.0 Å². The Morgan fingerprint density at radius 3 is 2.84 bits per heavy atom. The van der Waals surface area contributed by atoms with Gasteiger partial charge in [-0.3, -0.25) is 9.89 Å². The predicted molar refractivity (Wildman–Crippen MR) is 121 cm³/mol. The van der Waals surface area contributed by atoms with Crippen LogP contribution in [0.5, 0.6) is 0 Å². The number of aryl methyl sites for hydroxylation is 2. The maximum Gasteiger partial charge on any atom is 0.272 e. The second kappa shape index (κ2) is 7.33. The molecule has 9 heteroatoms. The van der Waals surface area contributed by atoms with Crippen molar-refractivity contribution in [1.82, 2.24) is 30.0 Å². The van der Waals surface area contributed by atoms with E-state index in [1.54, 1.807) is 10.8 Å². The first-order valence-corrected chi connectivity index (χ1v) is 11.6. The van der Waals surface area contributed by atoms with Gasteiger partial charge in [0.15, 0.2) is 0 Å². The topological polar surface area (TPSA) is 91.7 Å². The molecule has 0 aromatic carbocycles. The lowest BCUT2D eigenvalue weighted by molar-refractivity contribution is 0.0931. The summed E-state index contributed by atoms with van der Waals surface area (Å²) in [7, 11) is 0. The molecule has 6 rings (SSSR count). The summed E-state index contributed by atoms with van der Waals surface area (Å²) in [5, 5.41) is 10.7. The molecule has 0 spiro atoms. The minimum atomic E-state index is -0.234. The van der Waals surface area contributed by atoms with Crippen molar-refractivity contribution in [2.75, 3.05) is 18.0 Å². The average Bonchev–Trinajstić information content (AvgIpc) is 3.17. The van der Waals surface area contributed by atoms with Gasteiger partial charge < -0.3 is 14.8 Å². The van der Waals surface area contributed by atoms with Gasteiger partial charge in [-0.2, -0.15) is 5.10 Å². The molecule has 1 aliphatic heterocycles. The highest BCUT2D eigenvalue weighted by Gasteiger charge is 2.45. The summed E-state index contributed by atoms with van der Waals surface area (Å²) in [4.78, 5) is 24.3. The molecule has 3 atom stereocenters. The Morgan fingerprint density at radius 1 is 1.25 bits per heavy atom. The van der Waals surface area contributed by atoms with E-state index >= 15 is 0 Å². The van der Waals surface area contributed by atoms with Gasteiger partial charge in [0.2, 0.25) is 5.28 Å². The zero-order chi connectivity index (χ0) is 22.0. The van der Waals surface area contributed by atoms with Gasteiger partial charge in [0.05, 0.1) is 18.3 Å². The molecule has 2 fully saturated rings. The van der Waals surface area contributed by atoms with Crippen LogP contribution in [0.15, 0.2) is 18.3 Å². The lowest BCUT2D eigenvalue weighted by Gasteiger charge is -2.20. The van der Waals surface area contributed by atoms with Gasteiger partial charge in [0.25, 0.3) is 5.91 Å². The number of H-pyrrole nitrogens is 1. The van der Waals surface area contributed by atoms with Gasteiger partial charge in [-0.15, -0.1) is 0 Å². The fourth-order valence-corrected chi connectivity index (χ4v) is 5.37. The molecule has 1 saturated carbocycles. The molecule has 4 heterocycles. The maximum atomic E-state index is 12.8. The van der Waals surface area contributed by atoms with Crippen LogP contribution >= 0.6 is 11.6 Å². The van der Waals surface area contributed by atoms with E-state index in [-0.39, 0.29) is 11.9 Å². The second-order valence-corrected chi connectivity index (χ2v) is 9.71. The fraction of sp³-hybridized carbons (Fsp3) is 0.478. The van der Waals surface area contributed by atoms with Crippen LogP contribution < -0.4 is 10.2 Å². The van der Waals surface area contributed by atoms with Crippen molar-refractivity contribution in [3.05, 3.63) is 57.5 Å². The second-order valence-electron chi connectivity index (χ2n) is 9.38. The molecule has 0 radical (unpaired) electrons. The molecule has 3 unspecified atom stereocenters. The number of carbonyl (C=O) groups excluding carboxylic acids is 1. The number of hydrogen-bond acceptors (Lipinski definition) is 5. The number of rotatable bonds is 5. The Hall–Kier alpha value is -2.87. The Kier molecular flexibility index (Phi) is 4.54. The number of carbonyl (C=O) groups is 1. The Morgan fingerprint density at radius 2 is 2.06 bits per heavy atom. The SMILES string of the molecule is Cc1nc(N2CC3CC3C2)ccc1Cn1cc(C(=O)NC2CCc3c2n[nH]c3C)nc1Cl. The van der Waals surface area contributed by atoms with Crippen molar-refractivity contribution in [1.29, 1.82) is 0 Å². The number of hydrogen-bond donors (Lipinski definition) is 2. The summed E-state index contributed by atoms with van der Waals surface area (Å²) >= 11 is 6.37. The Balaban J connectivity index is 1.15. The largest absolute Gasteiger partial charge is 0.356 e. The number of fused-ring (bicyclic) bond motifs is 2. The molecule has 166 valence electrons. The van der Waals surface area contributed by atoms with Crippen molar-refractivity contribution in [3.63, 3.8) is 0 Å². The lowest BCUT2D eigenvalue weighted by atomic mass is 10.2. The van der Waals surface area contributed by atoms with Crippen LogP contribution in [0.25, 0.3) is 0 Å². The van der Waals surface area contributed by atoms with Gasteiger partial charge in [-0.25, -0.2) is 9.97 Å². The predicted octanol–water partition coefficient (Wildman–Crippen LogP) is 3.19. The van der Waals surface area contributed by atoms with Crippen molar-refractivity contribution < 1.29 is 4.79 Å². The molecular weight excluding hydrogens is 426 g/mol. The molecule has 1 amide bonds. The summed E-state index contributed by atoms with van der Waals surface area (Å²) in [5.41, 5.74) is 5.56. The number of aromatic nitrogens is 5. The van der Waals surface area contributed by atoms with Gasteiger partial charge in [0.1, 0.15) is 11.5 Å². The Bertz CT molecular complexity index is 1210. The van der Waals surface area contributed by atoms with E-state index < -0.39 is 0 Å². The highest BCUT2D eigenvalue weighted by Crippen LogP contribution is 2.46. The van der Waals surface area contributed by atoms with E-state index in [0.717, 1.165) is 66.2 Å². The van der Waals surface area contributed by atoms with E-state index in [1.807, 2.05) is 13.8 Å². The summed E-state index contributed by atoms with van der Waals surface area (Å²) in [6.45, 7) is 6.81. The number of nitrogens with zero attached hydrogens (tertiary/aromatic N) is 5. The number of pyridine rings is 1. The first-order valence-electron chi connectivity index (χ1n) is 11.2. The van der Waals surface area contributed by atoms with Crippen molar-refractivity contribution >= 4 is 23.3 Å². The molecule has 0 bridgehead atoms. The van der Waals surface area contributed by atoms with Crippen LogP contribution in [0, 0.1) is 25.7 Å². The molecule has 1 saturated heterocycles. The molecule has 32 heavy (non-hydrogen) atoms. The third-order valence-electron chi connectivity index (χ3n) is 7.21. The standard InChI is InChI=1S/C23H26ClN7O/c1-12-14(3-6-20(25-12)30-9-15-7-16(15)10-30)8-31-11-19(27-23(31)24)22(32)26-18-5-4-17-13(2)28-29-21(17)18/h3,6,11,15-16,18H,4-5,7-10H2,1-2H3,(H,26,32)(H,28,29). The minimum absolute atomic E-state index is 0.0954. The molecule has 3 aromatic rings. The van der Waals surface area contributed by atoms with Crippen LogP contribution in [0.4, 0.5) is 5.82 Å². The zero-order valence-electron chi connectivity index (χ0n) is 18.2. The fourth-order valence-electron chi connectivity index (χ4n) is 5.18. The summed E-state index contributed by atoms with van der Waals surface area (Å²) in [6.07, 6.45) is 4.86. The lowest BCUT2D eigenvalue weighted by Crippen LogP contribution is -2.27. The number of amides is 1. The quantitative estimate of drug-likeness (QED) is 0.621.